The van der Waals surface area contributed by atoms with Crippen molar-refractivity contribution in [3.8, 4) is 5.75 Å². The van der Waals surface area contributed by atoms with Crippen molar-refractivity contribution < 1.29 is 9.53 Å². The molecule has 0 saturated heterocycles. The largest absolute Gasteiger partial charge is 0.493 e. The monoisotopic (exact) mass is 395 g/mol. The second kappa shape index (κ2) is 15.8. The number of nitrogens with one attached hydrogen (secondary N) is 1. The Kier molecular flexibility index (Phi) is 13.9. The average molecular weight is 396 g/mol. The minimum absolute atomic E-state index is 0.127. The van der Waals surface area contributed by atoms with Gasteiger partial charge in [0, 0.05) is 18.0 Å². The van der Waals surface area contributed by atoms with Gasteiger partial charge >= 0.3 is 0 Å². The third-order valence-corrected chi connectivity index (χ3v) is 5.03. The van der Waals surface area contributed by atoms with Crippen molar-refractivity contribution in [3.05, 3.63) is 28.8 Å². The van der Waals surface area contributed by atoms with Crippen molar-refractivity contribution >= 4 is 17.5 Å². The molecular weight excluding hydrogens is 358 g/mol. The van der Waals surface area contributed by atoms with Crippen molar-refractivity contribution in [1.82, 2.24) is 5.32 Å². The van der Waals surface area contributed by atoms with E-state index in [1.807, 2.05) is 25.1 Å². The zero-order chi connectivity index (χ0) is 19.7. The average Bonchev–Trinajstić information content (AvgIpc) is 2.64. The van der Waals surface area contributed by atoms with Gasteiger partial charge in [-0.05, 0) is 43.5 Å². The molecule has 154 valence electrons. The summed E-state index contributed by atoms with van der Waals surface area (Å²) in [4.78, 5) is 11.8. The molecule has 0 unspecified atom stereocenters. The Bertz CT molecular complexity index is 519. The predicted molar refractivity (Wildman–Crippen MR) is 116 cm³/mol. The number of hydrogen-bond acceptors (Lipinski definition) is 2. The Labute approximate surface area is 171 Å². The van der Waals surface area contributed by atoms with Gasteiger partial charge in [-0.1, -0.05) is 76.3 Å². The first-order valence-electron chi connectivity index (χ1n) is 10.8. The maximum absolute atomic E-state index is 11.8. The number of halogens is 1. The number of carbonyl (C=O) groups excluding carboxylic acids is 1. The van der Waals surface area contributed by atoms with E-state index >= 15 is 0 Å². The van der Waals surface area contributed by atoms with Crippen LogP contribution in [0.25, 0.3) is 0 Å². The Morgan fingerprint density at radius 1 is 0.963 bits per heavy atom. The van der Waals surface area contributed by atoms with Crippen LogP contribution in [-0.4, -0.2) is 19.1 Å². The summed E-state index contributed by atoms with van der Waals surface area (Å²) < 4.78 is 5.71. The molecule has 1 aromatic rings. The first-order chi connectivity index (χ1) is 13.1. The van der Waals surface area contributed by atoms with Gasteiger partial charge in [0.05, 0.1) is 6.61 Å². The lowest BCUT2D eigenvalue weighted by atomic mass is 10.1. The van der Waals surface area contributed by atoms with E-state index in [-0.39, 0.29) is 5.91 Å². The molecule has 1 rings (SSSR count). The van der Waals surface area contributed by atoms with Gasteiger partial charge in [0.15, 0.2) is 0 Å². The van der Waals surface area contributed by atoms with Crippen LogP contribution in [0, 0.1) is 6.92 Å². The molecule has 0 fully saturated rings. The second-order valence-corrected chi connectivity index (χ2v) is 7.83. The van der Waals surface area contributed by atoms with E-state index in [0.29, 0.717) is 18.1 Å². The number of ether oxygens (including phenoxy) is 1. The summed E-state index contributed by atoms with van der Waals surface area (Å²) in [7, 11) is 0. The Hall–Kier alpha value is -1.22. The van der Waals surface area contributed by atoms with Crippen LogP contribution >= 0.6 is 11.6 Å². The van der Waals surface area contributed by atoms with Crippen molar-refractivity contribution in [2.75, 3.05) is 13.2 Å². The van der Waals surface area contributed by atoms with Gasteiger partial charge in [-0.2, -0.15) is 0 Å². The van der Waals surface area contributed by atoms with Crippen LogP contribution in [0.1, 0.15) is 89.5 Å². The summed E-state index contributed by atoms with van der Waals surface area (Å²) in [6.45, 7) is 5.58. The number of aryl methyl sites for hydroxylation is 1. The molecule has 0 aliphatic rings. The van der Waals surface area contributed by atoms with E-state index in [9.17, 15) is 4.79 Å². The highest BCUT2D eigenvalue weighted by atomic mass is 35.5. The molecule has 0 spiro atoms. The van der Waals surface area contributed by atoms with Crippen LogP contribution in [0.3, 0.4) is 0 Å². The van der Waals surface area contributed by atoms with Crippen molar-refractivity contribution in [2.24, 2.45) is 0 Å². The fraction of sp³-hybridized carbons (Fsp3) is 0.696. The van der Waals surface area contributed by atoms with Crippen LogP contribution < -0.4 is 10.1 Å². The summed E-state index contributed by atoms with van der Waals surface area (Å²) in [5.41, 5.74) is 1.02. The lowest BCUT2D eigenvalue weighted by Crippen LogP contribution is -2.24. The Balaban J connectivity index is 1.90. The first-order valence-corrected chi connectivity index (χ1v) is 11.2. The molecule has 0 aliphatic carbocycles. The molecule has 0 aliphatic heterocycles. The summed E-state index contributed by atoms with van der Waals surface area (Å²) in [5, 5.41) is 3.73. The topological polar surface area (TPSA) is 38.3 Å². The number of carbonyl (C=O) groups is 1. The summed E-state index contributed by atoms with van der Waals surface area (Å²) in [6.07, 6.45) is 14.4. The number of benzene rings is 1. The summed E-state index contributed by atoms with van der Waals surface area (Å²) >= 11 is 5.93. The Morgan fingerprint density at radius 3 is 2.22 bits per heavy atom. The van der Waals surface area contributed by atoms with E-state index in [4.69, 9.17) is 16.3 Å². The highest BCUT2D eigenvalue weighted by Gasteiger charge is 2.03. The lowest BCUT2D eigenvalue weighted by Gasteiger charge is -2.09. The minimum Gasteiger partial charge on any atom is -0.493 e. The van der Waals surface area contributed by atoms with Gasteiger partial charge in [0.25, 0.3) is 0 Å². The van der Waals surface area contributed by atoms with Crippen molar-refractivity contribution in [3.63, 3.8) is 0 Å². The molecular formula is C23H38ClNO2. The maximum Gasteiger partial charge on any atom is 0.220 e. The van der Waals surface area contributed by atoms with Crippen LogP contribution in [-0.2, 0) is 4.79 Å². The zero-order valence-electron chi connectivity index (χ0n) is 17.3. The van der Waals surface area contributed by atoms with E-state index in [0.717, 1.165) is 30.7 Å². The first kappa shape index (κ1) is 23.8. The summed E-state index contributed by atoms with van der Waals surface area (Å²) in [6, 6.07) is 5.59. The SMILES string of the molecule is CCCCCCCCCCCCNC(=O)CCCOc1ccc(Cl)cc1C. The smallest absolute Gasteiger partial charge is 0.220 e. The third kappa shape index (κ3) is 12.7. The van der Waals surface area contributed by atoms with Gasteiger partial charge in [-0.3, -0.25) is 4.79 Å². The van der Waals surface area contributed by atoms with Crippen LogP contribution in [0.4, 0.5) is 0 Å². The number of hydrogen-bond donors (Lipinski definition) is 1. The quantitative estimate of drug-likeness (QED) is 0.311. The molecule has 0 saturated carbocycles. The van der Waals surface area contributed by atoms with Crippen molar-refractivity contribution in [2.45, 2.75) is 90.9 Å². The molecule has 0 aromatic heterocycles. The standard InChI is InChI=1S/C23H38ClNO2/c1-3-4-5-6-7-8-9-10-11-12-17-25-23(26)14-13-18-27-22-16-15-21(24)19-20(22)2/h15-16,19H,3-14,17-18H2,1-2H3,(H,25,26). The fourth-order valence-corrected chi connectivity index (χ4v) is 3.34. The molecule has 0 radical (unpaired) electrons. The number of unbranched alkanes of at least 4 members (excludes halogenated alkanes) is 9. The minimum atomic E-state index is 0.127. The van der Waals surface area contributed by atoms with Gasteiger partial charge in [-0.25, -0.2) is 0 Å². The molecule has 0 heterocycles. The van der Waals surface area contributed by atoms with Crippen LogP contribution in [0.5, 0.6) is 5.75 Å². The van der Waals surface area contributed by atoms with Crippen molar-refractivity contribution in [1.29, 1.82) is 0 Å². The lowest BCUT2D eigenvalue weighted by molar-refractivity contribution is -0.121. The van der Waals surface area contributed by atoms with E-state index in [2.05, 4.69) is 12.2 Å². The fourth-order valence-electron chi connectivity index (χ4n) is 3.12. The normalized spacial score (nSPS) is 10.8. The second-order valence-electron chi connectivity index (χ2n) is 7.39. The maximum atomic E-state index is 11.8. The molecule has 3 nitrogen and oxygen atoms in total. The van der Waals surface area contributed by atoms with E-state index < -0.39 is 0 Å². The highest BCUT2D eigenvalue weighted by molar-refractivity contribution is 6.30. The molecule has 27 heavy (non-hydrogen) atoms. The molecule has 1 aromatic carbocycles. The van der Waals surface area contributed by atoms with Crippen LogP contribution in [0.2, 0.25) is 5.02 Å². The zero-order valence-corrected chi connectivity index (χ0v) is 18.1. The van der Waals surface area contributed by atoms with E-state index in [1.165, 1.54) is 57.8 Å². The van der Waals surface area contributed by atoms with E-state index in [1.54, 1.807) is 0 Å². The van der Waals surface area contributed by atoms with Gasteiger partial charge in [0.1, 0.15) is 5.75 Å². The molecule has 0 atom stereocenters. The molecule has 4 heteroatoms. The van der Waals surface area contributed by atoms with Gasteiger partial charge in [-0.15, -0.1) is 0 Å². The molecule has 1 amide bonds. The predicted octanol–water partition coefficient (Wildman–Crippen LogP) is 6.84. The third-order valence-electron chi connectivity index (χ3n) is 4.80. The number of amides is 1. The number of rotatable bonds is 16. The molecule has 0 bridgehead atoms. The van der Waals surface area contributed by atoms with Gasteiger partial charge < -0.3 is 10.1 Å². The highest BCUT2D eigenvalue weighted by Crippen LogP contribution is 2.21. The van der Waals surface area contributed by atoms with Gasteiger partial charge in [0.2, 0.25) is 5.91 Å². The summed E-state index contributed by atoms with van der Waals surface area (Å²) in [5.74, 6) is 0.965. The Morgan fingerprint density at radius 2 is 1.59 bits per heavy atom. The molecule has 1 N–H and O–H groups in total. The van der Waals surface area contributed by atoms with Crippen LogP contribution in [0.15, 0.2) is 18.2 Å².